The van der Waals surface area contributed by atoms with E-state index in [1.807, 2.05) is 37.3 Å². The third-order valence-corrected chi connectivity index (χ3v) is 5.40. The molecular weight excluding hydrogens is 365 g/mol. The van der Waals surface area contributed by atoms with Crippen molar-refractivity contribution < 1.29 is 14.3 Å². The Morgan fingerprint density at radius 3 is 2.62 bits per heavy atom. The number of carbonyl (C=O) groups is 1. The van der Waals surface area contributed by atoms with Gasteiger partial charge in [0.1, 0.15) is 5.82 Å². The highest BCUT2D eigenvalue weighted by Gasteiger charge is 2.29. The van der Waals surface area contributed by atoms with Crippen LogP contribution in [-0.4, -0.2) is 22.0 Å². The molecule has 1 aromatic heterocycles. The summed E-state index contributed by atoms with van der Waals surface area (Å²) in [7, 11) is 0. The largest absolute Gasteiger partial charge is 0.393 e. The monoisotopic (exact) mass is 389 g/mol. The van der Waals surface area contributed by atoms with Gasteiger partial charge in [0.2, 0.25) is 0 Å². The molecule has 1 aliphatic carbocycles. The first-order valence-electron chi connectivity index (χ1n) is 10.1. The molecule has 3 nitrogen and oxygen atoms in total. The molecule has 0 spiro atoms. The molecule has 29 heavy (non-hydrogen) atoms. The van der Waals surface area contributed by atoms with Crippen LogP contribution in [0, 0.1) is 5.82 Å². The number of benzene rings is 2. The van der Waals surface area contributed by atoms with Crippen LogP contribution >= 0.6 is 0 Å². The molecule has 1 fully saturated rings. The average Bonchev–Trinajstić information content (AvgIpc) is 3.57. The zero-order valence-corrected chi connectivity index (χ0v) is 16.4. The SMILES string of the molecule is CC[C@H](O)CC(=O)/C=C/c1c(C2CC2)nc2ccccc2c1-c1ccc(F)cc1. The predicted octanol–water partition coefficient (Wildman–Crippen LogP) is 5.66. The van der Waals surface area contributed by atoms with E-state index in [2.05, 4.69) is 0 Å². The van der Waals surface area contributed by atoms with Crippen molar-refractivity contribution in [3.05, 3.63) is 71.7 Å². The number of para-hydroxylation sites is 1. The molecule has 148 valence electrons. The van der Waals surface area contributed by atoms with Crippen molar-refractivity contribution in [1.29, 1.82) is 0 Å². The van der Waals surface area contributed by atoms with Gasteiger partial charge in [-0.2, -0.15) is 0 Å². The Kier molecular flexibility index (Phi) is 5.54. The van der Waals surface area contributed by atoms with Crippen LogP contribution in [-0.2, 0) is 4.79 Å². The maximum atomic E-state index is 13.5. The second-order valence-electron chi connectivity index (χ2n) is 7.65. The number of allylic oxidation sites excluding steroid dienone is 1. The van der Waals surface area contributed by atoms with Gasteiger partial charge < -0.3 is 5.11 Å². The molecule has 0 saturated heterocycles. The molecule has 0 amide bonds. The van der Waals surface area contributed by atoms with Crippen molar-refractivity contribution >= 4 is 22.8 Å². The molecule has 1 saturated carbocycles. The van der Waals surface area contributed by atoms with Gasteiger partial charge in [-0.15, -0.1) is 0 Å². The van der Waals surface area contributed by atoms with E-state index in [9.17, 15) is 14.3 Å². The summed E-state index contributed by atoms with van der Waals surface area (Å²) in [5.41, 5.74) is 4.67. The van der Waals surface area contributed by atoms with Crippen LogP contribution in [0.2, 0.25) is 0 Å². The topological polar surface area (TPSA) is 50.2 Å². The van der Waals surface area contributed by atoms with Gasteiger partial charge in [-0.05, 0) is 55.2 Å². The summed E-state index contributed by atoms with van der Waals surface area (Å²) in [6.07, 6.45) is 5.57. The number of nitrogens with zero attached hydrogens (tertiary/aromatic N) is 1. The molecule has 3 aromatic rings. The van der Waals surface area contributed by atoms with Crippen molar-refractivity contribution in [3.8, 4) is 11.1 Å². The summed E-state index contributed by atoms with van der Waals surface area (Å²) < 4.78 is 13.5. The number of carbonyl (C=O) groups excluding carboxylic acids is 1. The first kappa shape index (κ1) is 19.5. The smallest absolute Gasteiger partial charge is 0.158 e. The maximum Gasteiger partial charge on any atom is 0.158 e. The number of aliphatic hydroxyl groups is 1. The predicted molar refractivity (Wildman–Crippen MR) is 114 cm³/mol. The first-order chi connectivity index (χ1) is 14.1. The Morgan fingerprint density at radius 2 is 1.93 bits per heavy atom. The summed E-state index contributed by atoms with van der Waals surface area (Å²) in [4.78, 5) is 17.2. The molecule has 4 heteroatoms. The average molecular weight is 389 g/mol. The number of hydrogen-bond donors (Lipinski definition) is 1. The lowest BCUT2D eigenvalue weighted by molar-refractivity contribution is -0.116. The van der Waals surface area contributed by atoms with E-state index in [1.54, 1.807) is 18.2 Å². The fourth-order valence-corrected chi connectivity index (χ4v) is 3.63. The standard InChI is InChI=1S/C25H24FNO2/c1-2-19(28)15-20(29)13-14-22-24(16-9-11-18(26)12-10-16)21-5-3-4-6-23(21)27-25(22)17-7-8-17/h3-6,9-14,17,19,28H,2,7-8,15H2,1H3/b14-13+/t19-/m0/s1. The quantitative estimate of drug-likeness (QED) is 0.530. The lowest BCUT2D eigenvalue weighted by Gasteiger charge is -2.15. The highest BCUT2D eigenvalue weighted by molar-refractivity contribution is 6.02. The molecule has 1 heterocycles. The first-order valence-corrected chi connectivity index (χ1v) is 10.1. The van der Waals surface area contributed by atoms with Crippen molar-refractivity contribution in [1.82, 2.24) is 4.98 Å². The zero-order chi connectivity index (χ0) is 20.4. The fourth-order valence-electron chi connectivity index (χ4n) is 3.63. The van der Waals surface area contributed by atoms with E-state index in [0.717, 1.165) is 46.1 Å². The van der Waals surface area contributed by atoms with Crippen LogP contribution < -0.4 is 0 Å². The Bertz CT molecular complexity index is 1070. The molecule has 1 atom stereocenters. The summed E-state index contributed by atoms with van der Waals surface area (Å²) in [5.74, 6) is -0.00977. The number of aromatic nitrogens is 1. The molecule has 0 unspecified atom stereocenters. The third-order valence-electron chi connectivity index (χ3n) is 5.40. The molecule has 4 rings (SSSR count). The Balaban J connectivity index is 1.88. The Hall–Kier alpha value is -2.85. The molecule has 1 aliphatic rings. The van der Waals surface area contributed by atoms with E-state index in [0.29, 0.717) is 12.3 Å². The van der Waals surface area contributed by atoms with E-state index < -0.39 is 6.10 Å². The molecule has 1 N–H and O–H groups in total. The van der Waals surface area contributed by atoms with Crippen LogP contribution in [0.3, 0.4) is 0 Å². The number of fused-ring (bicyclic) bond motifs is 1. The Morgan fingerprint density at radius 1 is 1.21 bits per heavy atom. The van der Waals surface area contributed by atoms with Gasteiger partial charge in [0.05, 0.1) is 17.3 Å². The zero-order valence-electron chi connectivity index (χ0n) is 16.4. The van der Waals surface area contributed by atoms with Crippen LogP contribution in [0.5, 0.6) is 0 Å². The molecular formula is C25H24FNO2. The number of aliphatic hydroxyl groups excluding tert-OH is 1. The van der Waals surface area contributed by atoms with Gasteiger partial charge in [-0.1, -0.05) is 37.3 Å². The van der Waals surface area contributed by atoms with Gasteiger partial charge >= 0.3 is 0 Å². The lowest BCUT2D eigenvalue weighted by atomic mass is 9.92. The minimum absolute atomic E-state index is 0.110. The Labute approximate surface area is 169 Å². The van der Waals surface area contributed by atoms with Gasteiger partial charge in [-0.3, -0.25) is 9.78 Å². The van der Waals surface area contributed by atoms with Crippen molar-refractivity contribution in [3.63, 3.8) is 0 Å². The van der Waals surface area contributed by atoms with Gasteiger partial charge in [0.15, 0.2) is 5.78 Å². The fraction of sp³-hybridized carbons (Fsp3) is 0.280. The van der Waals surface area contributed by atoms with Crippen LogP contribution in [0.1, 0.15) is 49.8 Å². The van der Waals surface area contributed by atoms with Crippen molar-refractivity contribution in [2.24, 2.45) is 0 Å². The highest BCUT2D eigenvalue weighted by Crippen LogP contribution is 2.45. The second kappa shape index (κ2) is 8.26. The van der Waals surface area contributed by atoms with Crippen LogP contribution in [0.4, 0.5) is 4.39 Å². The minimum Gasteiger partial charge on any atom is -0.393 e. The molecule has 0 aliphatic heterocycles. The van der Waals surface area contributed by atoms with Crippen LogP contribution in [0.15, 0.2) is 54.6 Å². The highest BCUT2D eigenvalue weighted by atomic mass is 19.1. The third kappa shape index (κ3) is 4.28. The minimum atomic E-state index is -0.624. The van der Waals surface area contributed by atoms with Crippen LogP contribution in [0.25, 0.3) is 28.1 Å². The number of ketones is 1. The van der Waals surface area contributed by atoms with E-state index >= 15 is 0 Å². The summed E-state index contributed by atoms with van der Waals surface area (Å²) in [5, 5.41) is 10.8. The molecule has 0 bridgehead atoms. The van der Waals surface area contributed by atoms with E-state index in [4.69, 9.17) is 4.98 Å². The van der Waals surface area contributed by atoms with Crippen molar-refractivity contribution in [2.45, 2.75) is 44.6 Å². The summed E-state index contributed by atoms with van der Waals surface area (Å²) in [6, 6.07) is 14.4. The second-order valence-corrected chi connectivity index (χ2v) is 7.65. The molecule has 2 aromatic carbocycles. The summed E-state index contributed by atoms with van der Waals surface area (Å²) in [6.45, 7) is 1.85. The number of halogens is 1. The van der Waals surface area contributed by atoms with Gasteiger partial charge in [-0.25, -0.2) is 4.39 Å². The normalized spacial score (nSPS) is 15.1. The molecule has 0 radical (unpaired) electrons. The van der Waals surface area contributed by atoms with Crippen molar-refractivity contribution in [2.75, 3.05) is 0 Å². The van der Waals surface area contributed by atoms with Gasteiger partial charge in [0.25, 0.3) is 0 Å². The van der Waals surface area contributed by atoms with E-state index in [-0.39, 0.29) is 18.0 Å². The maximum absolute atomic E-state index is 13.5. The summed E-state index contributed by atoms with van der Waals surface area (Å²) >= 11 is 0. The number of hydrogen-bond acceptors (Lipinski definition) is 3. The van der Waals surface area contributed by atoms with Gasteiger partial charge in [0, 0.05) is 28.9 Å². The lowest BCUT2D eigenvalue weighted by Crippen LogP contribution is -2.10. The number of pyridine rings is 1. The number of rotatable bonds is 7. The van der Waals surface area contributed by atoms with E-state index in [1.165, 1.54) is 12.1 Å².